The Morgan fingerprint density at radius 3 is 2.63 bits per heavy atom. The van der Waals surface area contributed by atoms with E-state index in [1.54, 1.807) is 48.6 Å². The number of amides is 2. The smallest absolute Gasteiger partial charge is 0.410 e. The van der Waals surface area contributed by atoms with Crippen LogP contribution in [0.5, 0.6) is 11.5 Å². The molecule has 2 aromatic rings. The molecule has 2 fully saturated rings. The number of furan rings is 1. The summed E-state index contributed by atoms with van der Waals surface area (Å²) >= 11 is 0. The Balaban J connectivity index is 1.36. The molecule has 1 N–H and O–H groups in total. The normalized spacial score (nSPS) is 28.1. The van der Waals surface area contributed by atoms with Crippen LogP contribution in [0.15, 0.2) is 41.2 Å². The zero-order valence-electron chi connectivity index (χ0n) is 24.5. The molecule has 4 aliphatic rings. The Hall–Kier alpha value is -3.46. The average Bonchev–Trinajstić information content (AvgIpc) is 3.40. The molecule has 1 aromatic carbocycles. The second kappa shape index (κ2) is 10.1. The fourth-order valence-electron chi connectivity index (χ4n) is 6.92. The third-order valence-electron chi connectivity index (χ3n) is 9.07. The zero-order chi connectivity index (χ0) is 29.1. The van der Waals surface area contributed by atoms with Gasteiger partial charge in [0, 0.05) is 30.8 Å². The van der Waals surface area contributed by atoms with E-state index in [9.17, 15) is 14.7 Å². The highest BCUT2D eigenvalue weighted by Gasteiger charge is 2.63. The van der Waals surface area contributed by atoms with Gasteiger partial charge in [0.2, 0.25) is 5.91 Å². The van der Waals surface area contributed by atoms with E-state index in [1.165, 1.54) is 6.08 Å². The topological polar surface area (TPSA) is 102 Å². The summed E-state index contributed by atoms with van der Waals surface area (Å²) < 4.78 is 23.3. The van der Waals surface area contributed by atoms with Crippen LogP contribution in [0.3, 0.4) is 0 Å². The minimum Gasteiger partial charge on any atom is -0.493 e. The van der Waals surface area contributed by atoms with E-state index in [2.05, 4.69) is 0 Å². The summed E-state index contributed by atoms with van der Waals surface area (Å²) in [6.45, 7) is 6.15. The fraction of sp³-hybridized carbons (Fsp3) is 0.562. The van der Waals surface area contributed by atoms with Gasteiger partial charge in [-0.2, -0.15) is 0 Å². The number of aliphatic hydroxyl groups is 1. The maximum absolute atomic E-state index is 13.7. The molecular weight excluding hydrogens is 524 g/mol. The first kappa shape index (κ1) is 27.7. The van der Waals surface area contributed by atoms with Crippen LogP contribution in [0.4, 0.5) is 4.79 Å². The maximum atomic E-state index is 13.7. The molecule has 9 nitrogen and oxygen atoms in total. The minimum atomic E-state index is -1.26. The SMILES string of the molecule is COc1ccc2c3c1O[C@@H]1C3[C@@](O)(CC[C@H]1N(C)C(=O)/C=C/c1ccoc1)[C@H](N(CC1CC1)C(=O)OC(C)(C)C)C2. The molecule has 5 atom stereocenters. The van der Waals surface area contributed by atoms with Gasteiger partial charge in [-0.3, -0.25) is 4.79 Å². The third kappa shape index (κ3) is 4.98. The fourth-order valence-corrected chi connectivity index (χ4v) is 6.92. The number of benzene rings is 1. The van der Waals surface area contributed by atoms with Crippen LogP contribution in [0.25, 0.3) is 6.08 Å². The monoisotopic (exact) mass is 564 g/mol. The van der Waals surface area contributed by atoms with Crippen molar-refractivity contribution in [2.24, 2.45) is 5.92 Å². The maximum Gasteiger partial charge on any atom is 0.410 e. The van der Waals surface area contributed by atoms with Crippen molar-refractivity contribution in [3.05, 3.63) is 53.5 Å². The van der Waals surface area contributed by atoms with E-state index in [1.807, 2.05) is 32.9 Å². The van der Waals surface area contributed by atoms with E-state index in [0.29, 0.717) is 43.2 Å². The number of likely N-dealkylation sites (N-methyl/N-ethyl adjacent to an activating group) is 1. The van der Waals surface area contributed by atoms with Crippen LogP contribution >= 0.6 is 0 Å². The van der Waals surface area contributed by atoms with Crippen LogP contribution in [0.2, 0.25) is 0 Å². The molecule has 2 amide bonds. The lowest BCUT2D eigenvalue weighted by atomic mass is 9.60. The molecule has 9 heteroatoms. The Bertz CT molecular complexity index is 1340. The Labute approximate surface area is 241 Å². The van der Waals surface area contributed by atoms with Crippen molar-refractivity contribution in [2.45, 2.75) is 88.2 Å². The lowest BCUT2D eigenvalue weighted by molar-refractivity contribution is -0.143. The molecular formula is C32H40N2O7. The van der Waals surface area contributed by atoms with Gasteiger partial charge in [-0.25, -0.2) is 4.79 Å². The van der Waals surface area contributed by atoms with Crippen molar-refractivity contribution in [3.8, 4) is 11.5 Å². The summed E-state index contributed by atoms with van der Waals surface area (Å²) in [5.74, 6) is 1.05. The quantitative estimate of drug-likeness (QED) is 0.484. The predicted octanol–water partition coefficient (Wildman–Crippen LogP) is 4.77. The summed E-state index contributed by atoms with van der Waals surface area (Å²) in [6.07, 6.45) is 9.06. The Kier molecular flexibility index (Phi) is 6.83. The average molecular weight is 565 g/mol. The van der Waals surface area contributed by atoms with E-state index < -0.39 is 35.4 Å². The number of hydrogen-bond donors (Lipinski definition) is 1. The van der Waals surface area contributed by atoms with Gasteiger partial charge < -0.3 is 33.5 Å². The van der Waals surface area contributed by atoms with Gasteiger partial charge in [-0.15, -0.1) is 0 Å². The first-order valence-corrected chi connectivity index (χ1v) is 14.6. The Morgan fingerprint density at radius 2 is 1.98 bits per heavy atom. The highest BCUT2D eigenvalue weighted by atomic mass is 16.6. The van der Waals surface area contributed by atoms with Crippen LogP contribution in [0, 0.1) is 5.92 Å². The van der Waals surface area contributed by atoms with E-state index in [-0.39, 0.29) is 11.9 Å². The molecule has 6 rings (SSSR count). The highest BCUT2D eigenvalue weighted by Crippen LogP contribution is 2.59. The molecule has 1 aliphatic heterocycles. The van der Waals surface area contributed by atoms with E-state index in [4.69, 9.17) is 18.6 Å². The summed E-state index contributed by atoms with van der Waals surface area (Å²) in [5.41, 5.74) is 0.855. The second-order valence-electron chi connectivity index (χ2n) is 13.0. The third-order valence-corrected chi connectivity index (χ3v) is 9.07. The van der Waals surface area contributed by atoms with Crippen molar-refractivity contribution in [1.29, 1.82) is 0 Å². The van der Waals surface area contributed by atoms with Gasteiger partial charge in [-0.1, -0.05) is 6.07 Å². The number of carbonyl (C=O) groups is 2. The summed E-state index contributed by atoms with van der Waals surface area (Å²) in [5, 5.41) is 12.7. The second-order valence-corrected chi connectivity index (χ2v) is 13.0. The van der Waals surface area contributed by atoms with E-state index in [0.717, 1.165) is 29.5 Å². The Morgan fingerprint density at radius 1 is 1.20 bits per heavy atom. The van der Waals surface area contributed by atoms with Gasteiger partial charge in [0.05, 0.1) is 43.2 Å². The summed E-state index contributed by atoms with van der Waals surface area (Å²) in [4.78, 5) is 30.4. The molecule has 2 saturated carbocycles. The number of rotatable bonds is 7. The molecule has 0 saturated heterocycles. The first-order valence-electron chi connectivity index (χ1n) is 14.6. The molecule has 0 spiro atoms. The lowest BCUT2D eigenvalue weighted by Crippen LogP contribution is -2.67. The van der Waals surface area contributed by atoms with Crippen LogP contribution in [-0.2, 0) is 16.0 Å². The number of carbonyl (C=O) groups excluding carboxylic acids is 2. The number of ether oxygens (including phenoxy) is 3. The van der Waals surface area contributed by atoms with Gasteiger partial charge >= 0.3 is 6.09 Å². The molecule has 220 valence electrons. The lowest BCUT2D eigenvalue weighted by Gasteiger charge is -2.54. The molecule has 41 heavy (non-hydrogen) atoms. The van der Waals surface area contributed by atoms with Crippen molar-refractivity contribution in [1.82, 2.24) is 9.80 Å². The standard InChI is InChI=1S/C32H40N2O7/c1-31(2,3)41-30(36)34(17-19-6-7-19)24-16-21-9-10-23(38-5)29-26(21)27-28(40-29)22(12-14-32(24,27)37)33(4)25(35)11-8-20-13-15-39-18-20/h8-11,13,15,18-19,22,24,27-28,37H,6-7,12,14,16-17H2,1-5H3/b11-8+/t22-,24-,27?,28+,32-/m1/s1. The largest absolute Gasteiger partial charge is 0.493 e. The van der Waals surface area contributed by atoms with Crippen LogP contribution in [-0.4, -0.2) is 77.0 Å². The minimum absolute atomic E-state index is 0.162. The molecule has 0 bridgehead atoms. The van der Waals surface area contributed by atoms with Gasteiger partial charge in [0.15, 0.2) is 11.5 Å². The summed E-state index contributed by atoms with van der Waals surface area (Å²) in [6, 6.07) is 4.93. The molecule has 1 unspecified atom stereocenters. The molecule has 0 radical (unpaired) electrons. The van der Waals surface area contributed by atoms with Crippen LogP contribution in [0.1, 0.15) is 69.1 Å². The predicted molar refractivity (Wildman–Crippen MR) is 152 cm³/mol. The van der Waals surface area contributed by atoms with Gasteiger partial charge in [0.1, 0.15) is 11.7 Å². The van der Waals surface area contributed by atoms with Crippen molar-refractivity contribution < 1.29 is 33.3 Å². The van der Waals surface area contributed by atoms with Gasteiger partial charge in [-0.05, 0) is 82.6 Å². The van der Waals surface area contributed by atoms with Crippen LogP contribution < -0.4 is 9.47 Å². The first-order chi connectivity index (χ1) is 19.5. The summed E-state index contributed by atoms with van der Waals surface area (Å²) in [7, 11) is 3.39. The van der Waals surface area contributed by atoms with Crippen molar-refractivity contribution >= 4 is 18.1 Å². The number of nitrogens with zero attached hydrogens (tertiary/aromatic N) is 2. The van der Waals surface area contributed by atoms with Gasteiger partial charge in [0.25, 0.3) is 0 Å². The van der Waals surface area contributed by atoms with E-state index >= 15 is 0 Å². The highest BCUT2D eigenvalue weighted by molar-refractivity contribution is 5.91. The zero-order valence-corrected chi connectivity index (χ0v) is 24.5. The van der Waals surface area contributed by atoms with Crippen molar-refractivity contribution in [3.63, 3.8) is 0 Å². The molecule has 2 heterocycles. The molecule has 3 aliphatic carbocycles. The van der Waals surface area contributed by atoms with Crippen molar-refractivity contribution in [2.75, 3.05) is 20.7 Å². The number of methoxy groups -OCH3 is 1. The molecule has 1 aromatic heterocycles. The number of hydrogen-bond acceptors (Lipinski definition) is 7.